The van der Waals surface area contributed by atoms with Crippen LogP contribution in [-0.4, -0.2) is 18.2 Å². The fraction of sp³-hybridized carbons (Fsp3) is 0.300. The van der Waals surface area contributed by atoms with Gasteiger partial charge in [-0.2, -0.15) is 5.26 Å². The van der Waals surface area contributed by atoms with Crippen molar-refractivity contribution in [3.8, 4) is 17.2 Å². The zero-order valence-corrected chi connectivity index (χ0v) is 14.7. The van der Waals surface area contributed by atoms with Crippen molar-refractivity contribution in [3.63, 3.8) is 0 Å². The molecular weight excluding hydrogens is 316 g/mol. The van der Waals surface area contributed by atoms with Crippen LogP contribution in [-0.2, 0) is 4.79 Å². The van der Waals surface area contributed by atoms with Gasteiger partial charge in [-0.05, 0) is 35.6 Å². The molecule has 3 nitrogen and oxygen atoms in total. The summed E-state index contributed by atoms with van der Waals surface area (Å²) in [6.07, 6.45) is 1.32. The van der Waals surface area contributed by atoms with E-state index in [1.54, 1.807) is 0 Å². The van der Waals surface area contributed by atoms with Crippen molar-refractivity contribution in [3.05, 3.63) is 54.6 Å². The highest BCUT2D eigenvalue weighted by atomic mass is 32.2. The first-order valence-electron chi connectivity index (χ1n) is 8.11. The van der Waals surface area contributed by atoms with Gasteiger partial charge in [-0.1, -0.05) is 49.4 Å². The van der Waals surface area contributed by atoms with Gasteiger partial charge in [0.05, 0.1) is 6.07 Å². The van der Waals surface area contributed by atoms with E-state index in [0.717, 1.165) is 12.2 Å². The summed E-state index contributed by atoms with van der Waals surface area (Å²) in [7, 11) is 0. The standard InChI is InChI=1S/C20H22N2OS/c1-16(7-12-20(23)22-14-13-21)15-24-19-10-8-18(9-11-19)17-5-3-2-4-6-17/h2-6,8-11,16H,7,12,14-15H2,1H3,(H,22,23). The van der Waals surface area contributed by atoms with Crippen LogP contribution in [0.2, 0.25) is 0 Å². The fourth-order valence-corrected chi connectivity index (χ4v) is 3.27. The highest BCUT2D eigenvalue weighted by Gasteiger charge is 2.07. The Labute approximate surface area is 148 Å². The molecule has 0 fully saturated rings. The molecule has 0 aromatic heterocycles. The average molecular weight is 338 g/mol. The predicted octanol–water partition coefficient (Wildman–Crippen LogP) is 4.50. The van der Waals surface area contributed by atoms with Gasteiger partial charge in [0.2, 0.25) is 5.91 Å². The lowest BCUT2D eigenvalue weighted by atomic mass is 10.1. The third kappa shape index (κ3) is 6.10. The molecule has 1 atom stereocenters. The molecule has 2 aromatic carbocycles. The quantitative estimate of drug-likeness (QED) is 0.569. The average Bonchev–Trinajstić information content (AvgIpc) is 2.64. The summed E-state index contributed by atoms with van der Waals surface area (Å²) in [5, 5.41) is 11.0. The summed E-state index contributed by atoms with van der Waals surface area (Å²) >= 11 is 1.82. The maximum Gasteiger partial charge on any atom is 0.220 e. The largest absolute Gasteiger partial charge is 0.343 e. The molecule has 2 aromatic rings. The molecule has 0 spiro atoms. The molecule has 0 radical (unpaired) electrons. The van der Waals surface area contributed by atoms with Crippen molar-refractivity contribution in [2.24, 2.45) is 5.92 Å². The molecule has 0 saturated heterocycles. The van der Waals surface area contributed by atoms with E-state index in [1.807, 2.05) is 36.0 Å². The monoisotopic (exact) mass is 338 g/mol. The van der Waals surface area contributed by atoms with E-state index in [0.29, 0.717) is 12.3 Å². The molecule has 124 valence electrons. The summed E-state index contributed by atoms with van der Waals surface area (Å²) in [5.74, 6) is 1.40. The summed E-state index contributed by atoms with van der Waals surface area (Å²) in [6, 6.07) is 20.9. The number of rotatable bonds is 8. The molecule has 0 aliphatic heterocycles. The Balaban J connectivity index is 1.76. The first-order chi connectivity index (χ1) is 11.7. The van der Waals surface area contributed by atoms with E-state index >= 15 is 0 Å². The van der Waals surface area contributed by atoms with Crippen LogP contribution in [0.1, 0.15) is 19.8 Å². The third-order valence-corrected chi connectivity index (χ3v) is 5.07. The predicted molar refractivity (Wildman–Crippen MR) is 99.6 cm³/mol. The number of hydrogen-bond donors (Lipinski definition) is 1. The number of hydrogen-bond acceptors (Lipinski definition) is 3. The van der Waals surface area contributed by atoms with Crippen LogP contribution >= 0.6 is 11.8 Å². The number of carbonyl (C=O) groups is 1. The Morgan fingerprint density at radius 1 is 1.12 bits per heavy atom. The maximum atomic E-state index is 11.5. The molecule has 4 heteroatoms. The highest BCUT2D eigenvalue weighted by molar-refractivity contribution is 7.99. The van der Waals surface area contributed by atoms with Gasteiger partial charge < -0.3 is 5.32 Å². The van der Waals surface area contributed by atoms with Crippen LogP contribution in [0.25, 0.3) is 11.1 Å². The normalized spacial score (nSPS) is 11.5. The number of amides is 1. The van der Waals surface area contributed by atoms with Gasteiger partial charge in [0.15, 0.2) is 0 Å². The topological polar surface area (TPSA) is 52.9 Å². The van der Waals surface area contributed by atoms with E-state index in [1.165, 1.54) is 16.0 Å². The lowest BCUT2D eigenvalue weighted by Gasteiger charge is -2.11. The van der Waals surface area contributed by atoms with E-state index in [9.17, 15) is 4.79 Å². The van der Waals surface area contributed by atoms with E-state index in [2.05, 4.69) is 48.6 Å². The van der Waals surface area contributed by atoms with Crippen molar-refractivity contribution >= 4 is 17.7 Å². The van der Waals surface area contributed by atoms with E-state index < -0.39 is 0 Å². The van der Waals surface area contributed by atoms with Crippen LogP contribution in [0.5, 0.6) is 0 Å². The lowest BCUT2D eigenvalue weighted by Crippen LogP contribution is -2.23. The van der Waals surface area contributed by atoms with Crippen molar-refractivity contribution in [2.75, 3.05) is 12.3 Å². The molecule has 1 amide bonds. The van der Waals surface area contributed by atoms with Gasteiger partial charge in [-0.25, -0.2) is 0 Å². The minimum Gasteiger partial charge on any atom is -0.343 e. The Bertz CT molecular complexity index is 677. The van der Waals surface area contributed by atoms with Gasteiger partial charge in [0.25, 0.3) is 0 Å². The molecule has 0 heterocycles. The number of nitrogens with zero attached hydrogens (tertiary/aromatic N) is 1. The number of benzene rings is 2. The summed E-state index contributed by atoms with van der Waals surface area (Å²) in [4.78, 5) is 12.7. The Kier molecular flexibility index (Phi) is 7.38. The molecule has 0 bridgehead atoms. The molecule has 0 aliphatic carbocycles. The lowest BCUT2D eigenvalue weighted by molar-refractivity contribution is -0.121. The van der Waals surface area contributed by atoms with E-state index in [-0.39, 0.29) is 12.5 Å². The second kappa shape index (κ2) is 9.79. The van der Waals surface area contributed by atoms with Crippen LogP contribution in [0.15, 0.2) is 59.5 Å². The number of nitrogens with one attached hydrogen (secondary N) is 1. The van der Waals surface area contributed by atoms with Gasteiger partial charge in [-0.3, -0.25) is 4.79 Å². The Morgan fingerprint density at radius 2 is 1.79 bits per heavy atom. The van der Waals surface area contributed by atoms with Crippen LogP contribution < -0.4 is 5.32 Å². The first kappa shape index (κ1) is 18.1. The Hall–Kier alpha value is -2.25. The molecule has 0 aliphatic rings. The molecular formula is C20H22N2OS. The van der Waals surface area contributed by atoms with Crippen LogP contribution in [0, 0.1) is 17.2 Å². The number of thioether (sulfide) groups is 1. The third-order valence-electron chi connectivity index (χ3n) is 3.72. The van der Waals surface area contributed by atoms with Crippen molar-refractivity contribution in [2.45, 2.75) is 24.7 Å². The molecule has 0 saturated carbocycles. The molecule has 2 rings (SSSR count). The van der Waals surface area contributed by atoms with Gasteiger partial charge in [-0.15, -0.1) is 11.8 Å². The number of carbonyl (C=O) groups excluding carboxylic acids is 1. The molecule has 1 unspecified atom stereocenters. The van der Waals surface area contributed by atoms with E-state index in [4.69, 9.17) is 5.26 Å². The zero-order valence-electron chi connectivity index (χ0n) is 13.9. The summed E-state index contributed by atoms with van der Waals surface area (Å²) in [5.41, 5.74) is 2.45. The highest BCUT2D eigenvalue weighted by Crippen LogP contribution is 2.26. The van der Waals surface area contributed by atoms with Crippen molar-refractivity contribution < 1.29 is 4.79 Å². The second-order valence-electron chi connectivity index (χ2n) is 5.78. The Morgan fingerprint density at radius 3 is 2.46 bits per heavy atom. The first-order valence-corrected chi connectivity index (χ1v) is 9.09. The SMILES string of the molecule is CC(CCC(=O)NCC#N)CSc1ccc(-c2ccccc2)cc1. The maximum absolute atomic E-state index is 11.5. The van der Waals surface area contributed by atoms with Gasteiger partial charge >= 0.3 is 0 Å². The fourth-order valence-electron chi connectivity index (χ4n) is 2.30. The minimum atomic E-state index is -0.0411. The van der Waals surface area contributed by atoms with Gasteiger partial charge in [0.1, 0.15) is 6.54 Å². The smallest absolute Gasteiger partial charge is 0.220 e. The summed E-state index contributed by atoms with van der Waals surface area (Å²) in [6.45, 7) is 2.25. The van der Waals surface area contributed by atoms with Crippen LogP contribution in [0.4, 0.5) is 0 Å². The summed E-state index contributed by atoms with van der Waals surface area (Å²) < 4.78 is 0. The molecule has 1 N–H and O–H groups in total. The van der Waals surface area contributed by atoms with Crippen molar-refractivity contribution in [1.82, 2.24) is 5.32 Å². The van der Waals surface area contributed by atoms with Crippen molar-refractivity contribution in [1.29, 1.82) is 5.26 Å². The van der Waals surface area contributed by atoms with Crippen LogP contribution in [0.3, 0.4) is 0 Å². The van der Waals surface area contributed by atoms with Gasteiger partial charge in [0, 0.05) is 17.1 Å². The zero-order chi connectivity index (χ0) is 17.2. The number of nitriles is 1. The second-order valence-corrected chi connectivity index (χ2v) is 6.87. The molecule has 24 heavy (non-hydrogen) atoms. The minimum absolute atomic E-state index is 0.0411.